The lowest BCUT2D eigenvalue weighted by atomic mass is 9.96. The maximum atomic E-state index is 13.1. The van der Waals surface area contributed by atoms with Gasteiger partial charge >= 0.3 is 0 Å². The fraction of sp³-hybridized carbons (Fsp3) is 0.429. The molecular formula is C21H26N4O2. The first-order chi connectivity index (χ1) is 12.5. The van der Waals surface area contributed by atoms with Crippen molar-refractivity contribution in [3.8, 4) is 0 Å². The van der Waals surface area contributed by atoms with E-state index >= 15 is 0 Å². The topological polar surface area (TPSA) is 80.9 Å². The molecule has 0 spiro atoms. The number of nitrogens with zero attached hydrogens (tertiary/aromatic N) is 3. The summed E-state index contributed by atoms with van der Waals surface area (Å²) in [4.78, 5) is 22.1. The molecule has 0 aliphatic rings. The highest BCUT2D eigenvalue weighted by Crippen LogP contribution is 2.25. The van der Waals surface area contributed by atoms with Crippen LogP contribution in [0.1, 0.15) is 67.9 Å². The Kier molecular flexibility index (Phi) is 4.54. The molecule has 2 aromatic heterocycles. The number of aryl methyl sites for hydroxylation is 2. The molecule has 0 saturated heterocycles. The van der Waals surface area contributed by atoms with Crippen LogP contribution in [-0.4, -0.2) is 21.0 Å². The second kappa shape index (κ2) is 6.44. The van der Waals surface area contributed by atoms with E-state index in [2.05, 4.69) is 20.4 Å². The summed E-state index contributed by atoms with van der Waals surface area (Å²) < 4.78 is 5.39. The smallest absolute Gasteiger partial charge is 0.252 e. The number of rotatable bonds is 3. The van der Waals surface area contributed by atoms with Crippen LogP contribution in [0, 0.1) is 13.8 Å². The van der Waals surface area contributed by atoms with Gasteiger partial charge in [0.1, 0.15) is 0 Å². The van der Waals surface area contributed by atoms with Crippen molar-refractivity contribution >= 4 is 16.8 Å². The minimum atomic E-state index is -0.780. The number of aromatic nitrogens is 3. The third kappa shape index (κ3) is 3.84. The Morgan fingerprint density at radius 1 is 1.04 bits per heavy atom. The summed E-state index contributed by atoms with van der Waals surface area (Å²) in [5.41, 5.74) is 2.24. The Hall–Kier alpha value is -2.76. The van der Waals surface area contributed by atoms with Crippen molar-refractivity contribution in [3.05, 3.63) is 52.8 Å². The summed E-state index contributed by atoms with van der Waals surface area (Å²) in [5, 5.41) is 7.95. The fourth-order valence-electron chi connectivity index (χ4n) is 2.85. The molecule has 142 valence electrons. The van der Waals surface area contributed by atoms with Crippen LogP contribution < -0.4 is 5.32 Å². The Balaban J connectivity index is 1.96. The van der Waals surface area contributed by atoms with Gasteiger partial charge in [0.05, 0.1) is 16.6 Å². The number of fused-ring (bicyclic) bond motifs is 1. The molecular weight excluding hydrogens is 340 g/mol. The van der Waals surface area contributed by atoms with E-state index in [0.717, 1.165) is 22.2 Å². The first-order valence-corrected chi connectivity index (χ1v) is 9.02. The maximum Gasteiger partial charge on any atom is 0.252 e. The molecule has 1 aromatic carbocycles. The standard InChI is InChI=1S/C21H26N4O2/c1-12-8-9-16-14(10-12)15(11-13(2)22-16)17(26)24-21(6,7)18-23-19(27-25-18)20(3,4)5/h8-11H,1-7H3,(H,24,26). The number of benzene rings is 1. The predicted octanol–water partition coefficient (Wildman–Crippen LogP) is 4.20. The average Bonchev–Trinajstić information content (AvgIpc) is 3.05. The molecule has 0 saturated carbocycles. The van der Waals surface area contributed by atoms with Crippen molar-refractivity contribution in [2.45, 2.75) is 59.4 Å². The molecule has 0 atom stereocenters. The van der Waals surface area contributed by atoms with Crippen LogP contribution in [0.2, 0.25) is 0 Å². The SMILES string of the molecule is Cc1ccc2nc(C)cc(C(=O)NC(C)(C)c3noc(C(C)(C)C)n3)c2c1. The second-order valence-electron chi connectivity index (χ2n) is 8.58. The lowest BCUT2D eigenvalue weighted by Gasteiger charge is -2.23. The van der Waals surface area contributed by atoms with Crippen LogP contribution in [0.5, 0.6) is 0 Å². The minimum absolute atomic E-state index is 0.191. The molecule has 0 aliphatic carbocycles. The molecule has 3 rings (SSSR count). The van der Waals surface area contributed by atoms with Gasteiger partial charge in [-0.25, -0.2) is 0 Å². The highest BCUT2D eigenvalue weighted by Gasteiger charge is 2.32. The molecule has 6 nitrogen and oxygen atoms in total. The fourth-order valence-corrected chi connectivity index (χ4v) is 2.85. The number of hydrogen-bond donors (Lipinski definition) is 1. The van der Waals surface area contributed by atoms with Gasteiger partial charge in [0.25, 0.3) is 5.91 Å². The Morgan fingerprint density at radius 2 is 1.74 bits per heavy atom. The van der Waals surface area contributed by atoms with E-state index in [1.54, 1.807) is 0 Å². The van der Waals surface area contributed by atoms with Gasteiger partial charge in [-0.2, -0.15) is 4.98 Å². The van der Waals surface area contributed by atoms with Crippen molar-refractivity contribution in [2.24, 2.45) is 0 Å². The average molecular weight is 366 g/mol. The Labute approximate surface area is 159 Å². The Bertz CT molecular complexity index is 1010. The highest BCUT2D eigenvalue weighted by molar-refractivity contribution is 6.06. The summed E-state index contributed by atoms with van der Waals surface area (Å²) >= 11 is 0. The summed E-state index contributed by atoms with van der Waals surface area (Å²) in [5.74, 6) is 0.802. The lowest BCUT2D eigenvalue weighted by molar-refractivity contribution is 0.0909. The number of hydrogen-bond acceptors (Lipinski definition) is 5. The molecule has 3 aromatic rings. The zero-order valence-electron chi connectivity index (χ0n) is 17.0. The number of nitrogens with one attached hydrogen (secondary N) is 1. The van der Waals surface area contributed by atoms with Gasteiger partial charge in [-0.05, 0) is 45.9 Å². The quantitative estimate of drug-likeness (QED) is 0.751. The molecule has 27 heavy (non-hydrogen) atoms. The van der Waals surface area contributed by atoms with Crippen LogP contribution in [0.3, 0.4) is 0 Å². The van der Waals surface area contributed by atoms with Gasteiger partial charge < -0.3 is 9.84 Å². The third-order valence-electron chi connectivity index (χ3n) is 4.39. The third-order valence-corrected chi connectivity index (χ3v) is 4.39. The monoisotopic (exact) mass is 366 g/mol. The molecule has 1 amide bonds. The van der Waals surface area contributed by atoms with Crippen molar-refractivity contribution < 1.29 is 9.32 Å². The van der Waals surface area contributed by atoms with Crippen LogP contribution in [0.4, 0.5) is 0 Å². The summed E-state index contributed by atoms with van der Waals surface area (Å²) in [6, 6.07) is 7.72. The second-order valence-corrected chi connectivity index (χ2v) is 8.58. The van der Waals surface area contributed by atoms with Gasteiger partial charge in [0.2, 0.25) is 5.89 Å². The van der Waals surface area contributed by atoms with Gasteiger partial charge in [-0.15, -0.1) is 0 Å². The van der Waals surface area contributed by atoms with E-state index in [1.807, 2.05) is 72.7 Å². The Morgan fingerprint density at radius 3 is 2.37 bits per heavy atom. The van der Waals surface area contributed by atoms with E-state index in [1.165, 1.54) is 0 Å². The predicted molar refractivity (Wildman–Crippen MR) is 105 cm³/mol. The molecule has 6 heteroatoms. The van der Waals surface area contributed by atoms with Crippen molar-refractivity contribution in [1.82, 2.24) is 20.4 Å². The molecule has 0 radical (unpaired) electrons. The van der Waals surface area contributed by atoms with Crippen LogP contribution >= 0.6 is 0 Å². The lowest BCUT2D eigenvalue weighted by Crippen LogP contribution is -2.42. The number of amides is 1. The first-order valence-electron chi connectivity index (χ1n) is 9.02. The van der Waals surface area contributed by atoms with Crippen LogP contribution in [0.25, 0.3) is 10.9 Å². The number of carbonyl (C=O) groups excluding carboxylic acids is 1. The zero-order valence-corrected chi connectivity index (χ0v) is 17.0. The minimum Gasteiger partial charge on any atom is -0.340 e. The molecule has 0 bridgehead atoms. The highest BCUT2D eigenvalue weighted by atomic mass is 16.5. The normalized spacial score (nSPS) is 12.4. The van der Waals surface area contributed by atoms with Gasteiger partial charge in [-0.3, -0.25) is 9.78 Å². The molecule has 2 heterocycles. The van der Waals surface area contributed by atoms with Gasteiger partial charge in [-0.1, -0.05) is 37.6 Å². The van der Waals surface area contributed by atoms with E-state index in [4.69, 9.17) is 4.52 Å². The molecule has 0 unspecified atom stereocenters. The molecule has 1 N–H and O–H groups in total. The van der Waals surface area contributed by atoms with E-state index in [0.29, 0.717) is 17.3 Å². The largest absolute Gasteiger partial charge is 0.340 e. The van der Waals surface area contributed by atoms with Crippen molar-refractivity contribution in [2.75, 3.05) is 0 Å². The maximum absolute atomic E-state index is 13.1. The zero-order chi connectivity index (χ0) is 20.0. The van der Waals surface area contributed by atoms with Gasteiger partial charge in [0.15, 0.2) is 5.82 Å². The summed E-state index contributed by atoms with van der Waals surface area (Å²) in [6.45, 7) is 13.6. The van der Waals surface area contributed by atoms with Crippen LogP contribution in [0.15, 0.2) is 28.8 Å². The molecule has 0 aliphatic heterocycles. The van der Waals surface area contributed by atoms with E-state index in [9.17, 15) is 4.79 Å². The van der Waals surface area contributed by atoms with Crippen molar-refractivity contribution in [3.63, 3.8) is 0 Å². The number of carbonyl (C=O) groups is 1. The number of pyridine rings is 1. The first kappa shape index (κ1) is 19.0. The van der Waals surface area contributed by atoms with E-state index < -0.39 is 5.54 Å². The summed E-state index contributed by atoms with van der Waals surface area (Å²) in [7, 11) is 0. The van der Waals surface area contributed by atoms with Gasteiger partial charge in [0, 0.05) is 16.5 Å². The molecule has 0 fully saturated rings. The van der Waals surface area contributed by atoms with Crippen LogP contribution in [-0.2, 0) is 11.0 Å². The van der Waals surface area contributed by atoms with E-state index in [-0.39, 0.29) is 11.3 Å². The van der Waals surface area contributed by atoms with Crippen molar-refractivity contribution in [1.29, 1.82) is 0 Å². The summed E-state index contributed by atoms with van der Waals surface area (Å²) in [6.07, 6.45) is 0.